The summed E-state index contributed by atoms with van der Waals surface area (Å²) in [5.41, 5.74) is 11.3. The number of esters is 1. The predicted octanol–water partition coefficient (Wildman–Crippen LogP) is -3.87. The first-order chi connectivity index (χ1) is 58.4. The van der Waals surface area contributed by atoms with Gasteiger partial charge in [-0.25, -0.2) is 14.4 Å². The van der Waals surface area contributed by atoms with E-state index in [0.717, 1.165) is 65.7 Å². The van der Waals surface area contributed by atoms with Crippen molar-refractivity contribution in [1.29, 1.82) is 0 Å². The molecule has 1 saturated heterocycles. The maximum atomic E-state index is 14.9. The molecule has 0 spiro atoms. The zero-order chi connectivity index (χ0) is 92.7. The number of ether oxygens (including phenoxy) is 2. The van der Waals surface area contributed by atoms with Gasteiger partial charge in [-0.3, -0.25) is 86.3 Å². The number of rotatable bonds is 37. The highest BCUT2D eigenvalue weighted by atomic mass is 16.6. The quantitative estimate of drug-likeness (QED) is 0.0114. The predicted molar refractivity (Wildman–Crippen MR) is 434 cm³/mol. The molecule has 4 rings (SSSR count). The molecule has 0 bridgehead atoms. The summed E-state index contributed by atoms with van der Waals surface area (Å²) in [7, 11) is 0. The Morgan fingerprint density at radius 2 is 1.08 bits per heavy atom. The van der Waals surface area contributed by atoms with Gasteiger partial charge in [0.15, 0.2) is 5.78 Å². The molecular weight excluding hydrogens is 1640 g/mol. The number of Topliss-reactive ketones (excluding diaryl/α,β-unsaturated/α-hetero) is 1. The van der Waals surface area contributed by atoms with Gasteiger partial charge < -0.3 is 131 Å². The number of aliphatic hydroxyl groups is 1. The SMILES string of the molecule is CCCCCCCCCCNC(=O)NC(Cc1c[nH]c2ccccc12)C(=O)NC(CC(N)=O)C(=O)NC(CC(=O)O)C(=O)NC1C(=O)NCC(=O)NC(CCCNC(=O)OC(C)(C)C)C(=O)NC(CC(=O)O)C(=O)NC(C)C(=O)NC(CC(=O)O)C(=O)NCC(=O)NC(CO)C(=O)NC(C(C)CC(=O)O)C(=O)NC(CC(=O)c2ccccc2N)C(=O)OC1C. The fourth-order valence-corrected chi connectivity index (χ4v) is 12.4. The minimum Gasteiger partial charge on any atom is -0.481 e. The number of aromatic amines is 1. The molecule has 124 heavy (non-hydrogen) atoms. The number of carbonyl (C=O) groups is 21. The second kappa shape index (κ2) is 51.2. The van der Waals surface area contributed by atoms with E-state index in [4.69, 9.17) is 20.9 Å². The third-order valence-electron chi connectivity index (χ3n) is 18.8. The third kappa shape index (κ3) is 36.8. The molecule has 13 atom stereocenters. The first kappa shape index (κ1) is 103. The fourth-order valence-electron chi connectivity index (χ4n) is 12.4. The summed E-state index contributed by atoms with van der Waals surface area (Å²) < 4.78 is 10.9. The number of nitrogens with one attached hydrogen (secondary N) is 16. The third-order valence-corrected chi connectivity index (χ3v) is 18.8. The number of amides is 16. The largest absolute Gasteiger partial charge is 0.481 e. The van der Waals surface area contributed by atoms with Gasteiger partial charge in [-0.05, 0) is 83.6 Å². The van der Waals surface area contributed by atoms with Crippen LogP contribution in [0.4, 0.5) is 15.3 Å². The van der Waals surface area contributed by atoms with Crippen molar-refractivity contribution in [3.63, 3.8) is 0 Å². The van der Waals surface area contributed by atoms with Crippen molar-refractivity contribution in [3.05, 3.63) is 65.9 Å². The number of carboxylic acid groups (broad SMARTS) is 4. The Bertz CT molecular complexity index is 4340. The van der Waals surface area contributed by atoms with Crippen LogP contribution < -0.4 is 91.2 Å². The van der Waals surface area contributed by atoms with Crippen LogP contribution in [0.5, 0.6) is 0 Å². The molecule has 2 heterocycles. The summed E-state index contributed by atoms with van der Waals surface area (Å²) in [6.45, 7) is 5.66. The average molecular weight is 1750 g/mol. The highest BCUT2D eigenvalue weighted by Crippen LogP contribution is 2.22. The number of alkyl carbamates (subject to hydrolysis) is 1. The lowest BCUT2D eigenvalue weighted by Crippen LogP contribution is -2.62. The van der Waals surface area contributed by atoms with Crippen molar-refractivity contribution < 1.29 is 136 Å². The Balaban J connectivity index is 1.91. The maximum absolute atomic E-state index is 14.9. The number of aliphatic carboxylic acids is 4. The Kier molecular flexibility index (Phi) is 42.5. The van der Waals surface area contributed by atoms with Crippen LogP contribution in [-0.4, -0.2) is 266 Å². The molecule has 0 saturated carbocycles. The monoisotopic (exact) mass is 1750 g/mol. The molecule has 46 heteroatoms. The van der Waals surface area contributed by atoms with Gasteiger partial charge in [-0.15, -0.1) is 0 Å². The number of fused-ring (bicyclic) bond motifs is 1. The van der Waals surface area contributed by atoms with Crippen LogP contribution in [-0.2, 0) is 102 Å². The number of unbranched alkanes of at least 4 members (excludes halogenated alkanes) is 7. The number of aliphatic hydroxyl groups excluding tert-OH is 1. The Morgan fingerprint density at radius 3 is 1.68 bits per heavy atom. The van der Waals surface area contributed by atoms with Crippen molar-refractivity contribution in [1.82, 2.24) is 84.7 Å². The summed E-state index contributed by atoms with van der Waals surface area (Å²) in [5, 5.41) is 84.0. The first-order valence-corrected chi connectivity index (χ1v) is 39.9. The molecule has 2 aromatic carbocycles. The lowest BCUT2D eigenvalue weighted by Gasteiger charge is -2.30. The van der Waals surface area contributed by atoms with Crippen LogP contribution in [0, 0.1) is 5.92 Å². The second-order valence-electron chi connectivity index (χ2n) is 30.3. The number of anilines is 1. The van der Waals surface area contributed by atoms with Crippen molar-refractivity contribution in [2.24, 2.45) is 11.7 Å². The number of urea groups is 1. The van der Waals surface area contributed by atoms with E-state index in [9.17, 15) is 126 Å². The van der Waals surface area contributed by atoms with Crippen LogP contribution >= 0.6 is 0 Å². The van der Waals surface area contributed by atoms with Gasteiger partial charge in [0.25, 0.3) is 0 Å². The van der Waals surface area contributed by atoms with Crippen molar-refractivity contribution in [2.75, 3.05) is 38.5 Å². The lowest BCUT2D eigenvalue weighted by atomic mass is 9.96. The fraction of sp³-hybridized carbons (Fsp3) is 0.551. The number of hydrogen-bond acceptors (Lipinski definition) is 25. The van der Waals surface area contributed by atoms with Gasteiger partial charge >= 0.3 is 42.0 Å². The van der Waals surface area contributed by atoms with Crippen molar-refractivity contribution >= 4 is 141 Å². The van der Waals surface area contributed by atoms with E-state index >= 15 is 0 Å². The van der Waals surface area contributed by atoms with E-state index in [1.165, 1.54) is 45.0 Å². The molecule has 13 unspecified atom stereocenters. The lowest BCUT2D eigenvalue weighted by molar-refractivity contribution is -0.156. The van der Waals surface area contributed by atoms with Gasteiger partial charge in [0, 0.05) is 54.3 Å². The first-order valence-electron chi connectivity index (χ1n) is 39.9. The van der Waals surface area contributed by atoms with E-state index in [1.807, 2.05) is 16.0 Å². The molecule has 682 valence electrons. The number of nitrogen functional groups attached to an aromatic ring is 1. The van der Waals surface area contributed by atoms with Crippen LogP contribution in [0.3, 0.4) is 0 Å². The molecule has 1 aromatic heterocycles. The minimum absolute atomic E-state index is 0.187. The van der Waals surface area contributed by atoms with E-state index in [0.29, 0.717) is 22.9 Å². The van der Waals surface area contributed by atoms with Gasteiger partial charge in [0.1, 0.15) is 78.2 Å². The molecule has 3 aromatic rings. The number of para-hydroxylation sites is 2. The van der Waals surface area contributed by atoms with E-state index in [1.54, 1.807) is 30.5 Å². The standard InChI is InChI=1S/C78H112N18O28/c1-8-9-10-11-12-13-14-19-26-81-76(121)94-48(29-42-35-83-46-24-18-16-21-43(42)46)69(114)90-49(31-56(80)99)70(115)92-52(34-62(108)109)71(116)96-64-41(4)123-75(120)53(30-55(98)44-22-15-17-23-45(44)79)93-74(119)63(39(2)28-59(102)103)95-72(117)54(38-97)88-58(101)36-84-66(111)50(32-60(104)105)89-65(110)40(3)86-68(113)51(33-61(106)107)91-67(112)47(87-57(100)37-85-73(64)118)25-20-27-82-77(122)124-78(5,6)7/h15-18,21-24,35,39-41,47-54,63-64,83,97H,8-14,19-20,25-34,36-38,79H2,1-7H3,(H2,80,99)(H,82,122)(H,84,111)(H,85,118)(H,86,113)(H,87,100)(H,88,101)(H,89,110)(H,90,114)(H,91,112)(H,92,115)(H,93,119)(H,95,117)(H,96,116)(H,102,103)(H,104,105)(H,106,107)(H,108,109)(H2,81,94,121). The number of cyclic esters (lactones) is 1. The number of H-pyrrole nitrogens is 1. The summed E-state index contributed by atoms with van der Waals surface area (Å²) in [4.78, 5) is 291. The zero-order valence-electron chi connectivity index (χ0n) is 69.5. The summed E-state index contributed by atoms with van der Waals surface area (Å²) in [6, 6.07) is -12.0. The highest BCUT2D eigenvalue weighted by molar-refractivity contribution is 6.05. The van der Waals surface area contributed by atoms with Gasteiger partial charge in [0.05, 0.1) is 51.8 Å². The summed E-state index contributed by atoms with van der Waals surface area (Å²) in [5.74, 6) is -29.8. The number of benzene rings is 2. The Morgan fingerprint density at radius 1 is 0.548 bits per heavy atom. The normalized spacial score (nSPS) is 20.5. The molecule has 1 fully saturated rings. The average Bonchev–Trinajstić information content (AvgIpc) is 1.81. The van der Waals surface area contributed by atoms with Crippen LogP contribution in [0.25, 0.3) is 10.9 Å². The van der Waals surface area contributed by atoms with Crippen LogP contribution in [0.15, 0.2) is 54.7 Å². The highest BCUT2D eigenvalue weighted by Gasteiger charge is 2.41. The number of carboxylic acids is 4. The Labute approximate surface area is 710 Å². The molecule has 0 aliphatic carbocycles. The van der Waals surface area contributed by atoms with Crippen LogP contribution in [0.2, 0.25) is 0 Å². The molecule has 25 N–H and O–H groups in total. The summed E-state index contributed by atoms with van der Waals surface area (Å²) >= 11 is 0. The number of aromatic nitrogens is 1. The molecular formula is C78H112N18O28. The molecule has 0 radical (unpaired) electrons. The number of carbonyl (C=O) groups excluding carboxylic acids is 17. The zero-order valence-corrected chi connectivity index (χ0v) is 69.5. The van der Waals surface area contributed by atoms with Crippen LogP contribution in [0.1, 0.15) is 167 Å². The number of ketones is 1. The van der Waals surface area contributed by atoms with E-state index in [2.05, 4.69) is 75.7 Å². The van der Waals surface area contributed by atoms with E-state index < -0.39 is 273 Å². The maximum Gasteiger partial charge on any atom is 0.407 e. The second-order valence-corrected chi connectivity index (χ2v) is 30.3. The van der Waals surface area contributed by atoms with Gasteiger partial charge in [0.2, 0.25) is 76.8 Å². The Hall–Kier alpha value is -13.6. The molecule has 16 amide bonds. The summed E-state index contributed by atoms with van der Waals surface area (Å²) in [6.07, 6.45) is -2.31. The van der Waals surface area contributed by atoms with Crippen molar-refractivity contribution in [2.45, 2.75) is 236 Å². The van der Waals surface area contributed by atoms with Gasteiger partial charge in [-0.2, -0.15) is 0 Å². The topological polar surface area (TPSA) is 726 Å². The smallest absolute Gasteiger partial charge is 0.407 e. The molecule has 1 aliphatic rings. The number of hydrogen-bond donors (Lipinski definition) is 23. The van der Waals surface area contributed by atoms with E-state index in [-0.39, 0.29) is 37.2 Å². The minimum atomic E-state index is -2.50. The number of primary amides is 1. The number of nitrogens with two attached hydrogens (primary N) is 2. The van der Waals surface area contributed by atoms with Gasteiger partial charge in [-0.1, -0.05) is 89.1 Å². The molecule has 1 aliphatic heterocycles. The van der Waals surface area contributed by atoms with Crippen molar-refractivity contribution in [3.8, 4) is 0 Å². The molecule has 46 nitrogen and oxygen atoms in total.